The lowest BCUT2D eigenvalue weighted by atomic mass is 9.95. The Balaban J connectivity index is 1.98. The van der Waals surface area contributed by atoms with Crippen LogP contribution in [0.4, 0.5) is 0 Å². The van der Waals surface area contributed by atoms with E-state index in [1.807, 2.05) is 12.3 Å². The van der Waals surface area contributed by atoms with E-state index in [-0.39, 0.29) is 12.5 Å². The van der Waals surface area contributed by atoms with Crippen LogP contribution in [0.3, 0.4) is 0 Å². The van der Waals surface area contributed by atoms with Gasteiger partial charge in [-0.3, -0.25) is 9.59 Å². The lowest BCUT2D eigenvalue weighted by molar-refractivity contribution is -0.141. The number of rotatable bonds is 6. The molecule has 1 unspecified atom stereocenters. The van der Waals surface area contributed by atoms with Crippen LogP contribution in [0.1, 0.15) is 53.4 Å². The van der Waals surface area contributed by atoms with Gasteiger partial charge < -0.3 is 10.4 Å². The number of hydrogen-bond donors (Lipinski definition) is 2. The monoisotopic (exact) mass is 295 g/mol. The van der Waals surface area contributed by atoms with Crippen LogP contribution >= 0.6 is 11.3 Å². The molecule has 0 bridgehead atoms. The van der Waals surface area contributed by atoms with E-state index in [1.54, 1.807) is 11.3 Å². The van der Waals surface area contributed by atoms with Gasteiger partial charge in [-0.05, 0) is 37.7 Å². The van der Waals surface area contributed by atoms with E-state index < -0.39 is 11.9 Å². The molecule has 2 N–H and O–H groups in total. The van der Waals surface area contributed by atoms with Gasteiger partial charge in [0.2, 0.25) is 0 Å². The summed E-state index contributed by atoms with van der Waals surface area (Å²) in [6.07, 6.45) is 5.78. The zero-order valence-corrected chi connectivity index (χ0v) is 12.6. The second-order valence-electron chi connectivity index (χ2n) is 5.29. The summed E-state index contributed by atoms with van der Waals surface area (Å²) in [6.45, 7) is 2.17. The number of amides is 1. The number of carboxylic acid groups (broad SMARTS) is 1. The Kier molecular flexibility index (Phi) is 5.17. The fraction of sp³-hybridized carbons (Fsp3) is 0.600. The molecule has 0 spiro atoms. The molecule has 1 heterocycles. The number of fused-ring (bicyclic) bond motifs is 1. The van der Waals surface area contributed by atoms with E-state index in [0.29, 0.717) is 6.42 Å². The average Bonchev–Trinajstić information content (AvgIpc) is 2.86. The highest BCUT2D eigenvalue weighted by Crippen LogP contribution is 2.30. The van der Waals surface area contributed by atoms with Gasteiger partial charge >= 0.3 is 5.97 Å². The second-order valence-corrected chi connectivity index (χ2v) is 6.26. The molecule has 1 atom stereocenters. The Morgan fingerprint density at radius 2 is 2.15 bits per heavy atom. The van der Waals surface area contributed by atoms with Crippen LogP contribution in [0.2, 0.25) is 0 Å². The molecular weight excluding hydrogens is 274 g/mol. The van der Waals surface area contributed by atoms with Gasteiger partial charge in [-0.1, -0.05) is 13.3 Å². The van der Waals surface area contributed by atoms with E-state index in [1.165, 1.54) is 16.9 Å². The van der Waals surface area contributed by atoms with Gasteiger partial charge in [-0.15, -0.1) is 11.3 Å². The Morgan fingerprint density at radius 1 is 1.40 bits per heavy atom. The highest BCUT2D eigenvalue weighted by molar-refractivity contribution is 7.10. The highest BCUT2D eigenvalue weighted by atomic mass is 32.1. The second kappa shape index (κ2) is 6.88. The van der Waals surface area contributed by atoms with Crippen molar-refractivity contribution in [3.63, 3.8) is 0 Å². The number of aliphatic carboxylic acids is 1. The van der Waals surface area contributed by atoms with Crippen molar-refractivity contribution in [3.05, 3.63) is 21.4 Å². The number of carbonyl (C=O) groups excluding carboxylic acids is 1. The summed E-state index contributed by atoms with van der Waals surface area (Å²) in [7, 11) is 0. The summed E-state index contributed by atoms with van der Waals surface area (Å²) >= 11 is 1.65. The molecule has 0 saturated carbocycles. The van der Waals surface area contributed by atoms with E-state index in [4.69, 9.17) is 5.11 Å². The molecule has 1 aromatic heterocycles. The van der Waals surface area contributed by atoms with Crippen molar-refractivity contribution >= 4 is 23.2 Å². The maximum atomic E-state index is 12.2. The first kappa shape index (κ1) is 15.0. The third-order valence-electron chi connectivity index (χ3n) is 3.80. The van der Waals surface area contributed by atoms with Gasteiger partial charge in [0.25, 0.3) is 5.91 Å². The Hall–Kier alpha value is -1.36. The Morgan fingerprint density at radius 3 is 2.85 bits per heavy atom. The van der Waals surface area contributed by atoms with Crippen LogP contribution in [-0.4, -0.2) is 23.5 Å². The van der Waals surface area contributed by atoms with Crippen molar-refractivity contribution in [1.82, 2.24) is 5.32 Å². The molecule has 0 saturated heterocycles. The molecule has 0 aliphatic heterocycles. The van der Waals surface area contributed by atoms with Gasteiger partial charge in [0.05, 0.1) is 11.5 Å². The molecule has 1 aliphatic rings. The predicted octanol–water partition coefficient (Wildman–Crippen LogP) is 2.86. The molecule has 1 aliphatic carbocycles. The molecule has 0 radical (unpaired) electrons. The maximum Gasteiger partial charge on any atom is 0.308 e. The van der Waals surface area contributed by atoms with Crippen molar-refractivity contribution in [1.29, 1.82) is 0 Å². The fourth-order valence-electron chi connectivity index (χ4n) is 2.66. The molecule has 110 valence electrons. The third kappa shape index (κ3) is 3.39. The van der Waals surface area contributed by atoms with Crippen LogP contribution in [-0.2, 0) is 17.6 Å². The van der Waals surface area contributed by atoms with E-state index in [2.05, 4.69) is 5.32 Å². The molecule has 4 nitrogen and oxygen atoms in total. The summed E-state index contributed by atoms with van der Waals surface area (Å²) in [5.74, 6) is -1.44. The first-order valence-electron chi connectivity index (χ1n) is 7.23. The minimum atomic E-state index is -0.834. The largest absolute Gasteiger partial charge is 0.481 e. The summed E-state index contributed by atoms with van der Waals surface area (Å²) in [4.78, 5) is 24.6. The summed E-state index contributed by atoms with van der Waals surface area (Å²) in [6, 6.07) is 0. The third-order valence-corrected chi connectivity index (χ3v) is 4.89. The number of carbonyl (C=O) groups is 2. The molecule has 0 aromatic carbocycles. The van der Waals surface area contributed by atoms with Gasteiger partial charge in [0.1, 0.15) is 0 Å². The van der Waals surface area contributed by atoms with Crippen LogP contribution in [0, 0.1) is 5.92 Å². The fourth-order valence-corrected chi connectivity index (χ4v) is 3.78. The van der Waals surface area contributed by atoms with Crippen molar-refractivity contribution in [3.8, 4) is 0 Å². The summed E-state index contributed by atoms with van der Waals surface area (Å²) in [5.41, 5.74) is 1.94. The number of aryl methyl sites for hydroxylation is 1. The molecule has 20 heavy (non-hydrogen) atoms. The molecule has 1 aromatic rings. The SMILES string of the molecule is CCCC(CNC(=O)c1csc2c1CCCC2)C(=O)O. The summed E-state index contributed by atoms with van der Waals surface area (Å²) in [5, 5.41) is 13.8. The lowest BCUT2D eigenvalue weighted by Crippen LogP contribution is -2.33. The Labute approximate surface area is 123 Å². The smallest absolute Gasteiger partial charge is 0.308 e. The zero-order valence-electron chi connectivity index (χ0n) is 11.8. The predicted molar refractivity (Wildman–Crippen MR) is 79.3 cm³/mol. The van der Waals surface area contributed by atoms with E-state index in [0.717, 1.165) is 31.2 Å². The van der Waals surface area contributed by atoms with Crippen molar-refractivity contribution in [2.75, 3.05) is 6.54 Å². The van der Waals surface area contributed by atoms with E-state index in [9.17, 15) is 9.59 Å². The summed E-state index contributed by atoms with van der Waals surface area (Å²) < 4.78 is 0. The molecular formula is C15H21NO3S. The van der Waals surface area contributed by atoms with Crippen LogP contribution in [0.15, 0.2) is 5.38 Å². The average molecular weight is 295 g/mol. The maximum absolute atomic E-state index is 12.2. The standard InChI is InChI=1S/C15H21NO3S/c1-2-5-10(15(18)19)8-16-14(17)12-9-20-13-7-4-3-6-11(12)13/h9-10H,2-8H2,1H3,(H,16,17)(H,18,19). The molecule has 0 fully saturated rings. The highest BCUT2D eigenvalue weighted by Gasteiger charge is 2.22. The first-order chi connectivity index (χ1) is 9.63. The van der Waals surface area contributed by atoms with Crippen molar-refractivity contribution in [2.24, 2.45) is 5.92 Å². The van der Waals surface area contributed by atoms with E-state index >= 15 is 0 Å². The van der Waals surface area contributed by atoms with Crippen LogP contribution in [0.5, 0.6) is 0 Å². The lowest BCUT2D eigenvalue weighted by Gasteiger charge is -2.14. The van der Waals surface area contributed by atoms with Gasteiger partial charge in [0.15, 0.2) is 0 Å². The number of hydrogen-bond acceptors (Lipinski definition) is 3. The number of nitrogens with one attached hydrogen (secondary N) is 1. The normalized spacial score (nSPS) is 15.4. The molecule has 1 amide bonds. The minimum Gasteiger partial charge on any atom is -0.481 e. The quantitative estimate of drug-likeness (QED) is 0.848. The number of thiophene rings is 1. The van der Waals surface area contributed by atoms with Crippen LogP contribution < -0.4 is 5.32 Å². The van der Waals surface area contributed by atoms with Gasteiger partial charge in [0, 0.05) is 16.8 Å². The van der Waals surface area contributed by atoms with Gasteiger partial charge in [-0.25, -0.2) is 0 Å². The van der Waals surface area contributed by atoms with Crippen molar-refractivity contribution < 1.29 is 14.7 Å². The molecule has 2 rings (SSSR count). The van der Waals surface area contributed by atoms with Gasteiger partial charge in [-0.2, -0.15) is 0 Å². The molecule has 5 heteroatoms. The number of carboxylic acids is 1. The minimum absolute atomic E-state index is 0.119. The van der Waals surface area contributed by atoms with Crippen LogP contribution in [0.25, 0.3) is 0 Å². The first-order valence-corrected chi connectivity index (χ1v) is 8.11. The zero-order chi connectivity index (χ0) is 14.5. The topological polar surface area (TPSA) is 66.4 Å². The van der Waals surface area contributed by atoms with Crippen molar-refractivity contribution in [2.45, 2.75) is 45.4 Å². The Bertz CT molecular complexity index is 495.